The van der Waals surface area contributed by atoms with Crippen LogP contribution in [0.3, 0.4) is 0 Å². The highest BCUT2D eigenvalue weighted by molar-refractivity contribution is 7.85. The third-order valence-corrected chi connectivity index (χ3v) is 4.16. The maximum Gasteiger partial charge on any atom is 0.412 e. The fraction of sp³-hybridized carbons (Fsp3) is 0.600. The van der Waals surface area contributed by atoms with Gasteiger partial charge in [0, 0.05) is 18.1 Å². The molecule has 2 amide bonds. The average Bonchev–Trinajstić information content (AvgIpc) is 2.56. The Balaban J connectivity index is 3.12. The van der Waals surface area contributed by atoms with Gasteiger partial charge in [0.15, 0.2) is 0 Å². The molecule has 0 saturated carbocycles. The molecule has 12 nitrogen and oxygen atoms in total. The standard InChI is InChI=1S/C20H31N3O9S/c1-19(2,3)31-17(24)21-14-9-8-13(16(11-14)23(26)27)10-15(12-30-33(7,28)29)22-18(25)32-20(4,5)6/h8-9,11,15H,10,12H2,1-7H3,(H,21,24)(H,22,25). The van der Waals surface area contributed by atoms with Gasteiger partial charge < -0.3 is 14.8 Å². The van der Waals surface area contributed by atoms with Crippen molar-refractivity contribution in [3.05, 3.63) is 33.9 Å². The second-order valence-corrected chi connectivity index (χ2v) is 10.9. The van der Waals surface area contributed by atoms with Crippen LogP contribution in [0.25, 0.3) is 0 Å². The topological polar surface area (TPSA) is 163 Å². The molecule has 1 unspecified atom stereocenters. The van der Waals surface area contributed by atoms with Crippen molar-refractivity contribution < 1.29 is 36.6 Å². The van der Waals surface area contributed by atoms with Crippen molar-refractivity contribution >= 4 is 33.7 Å². The smallest absolute Gasteiger partial charge is 0.412 e. The second kappa shape index (κ2) is 10.8. The number of anilines is 1. The van der Waals surface area contributed by atoms with Gasteiger partial charge in [-0.15, -0.1) is 0 Å². The molecule has 1 atom stereocenters. The fourth-order valence-corrected chi connectivity index (χ4v) is 2.91. The van der Waals surface area contributed by atoms with Gasteiger partial charge in [-0.2, -0.15) is 8.42 Å². The van der Waals surface area contributed by atoms with E-state index in [1.165, 1.54) is 12.1 Å². The Kier molecular flexibility index (Phi) is 9.19. The van der Waals surface area contributed by atoms with E-state index in [4.69, 9.17) is 13.7 Å². The summed E-state index contributed by atoms with van der Waals surface area (Å²) in [6.45, 7) is 9.51. The summed E-state index contributed by atoms with van der Waals surface area (Å²) >= 11 is 0. The predicted molar refractivity (Wildman–Crippen MR) is 121 cm³/mol. The van der Waals surface area contributed by atoms with E-state index in [0.29, 0.717) is 0 Å². The Hall–Kier alpha value is -2.93. The first-order chi connectivity index (χ1) is 14.8. The number of nitro benzene ring substituents is 1. The van der Waals surface area contributed by atoms with Crippen molar-refractivity contribution in [2.45, 2.75) is 65.2 Å². The maximum atomic E-state index is 12.2. The lowest BCUT2D eigenvalue weighted by molar-refractivity contribution is -0.385. The first-order valence-corrected chi connectivity index (χ1v) is 11.8. The first-order valence-electron chi connectivity index (χ1n) is 9.96. The van der Waals surface area contributed by atoms with E-state index in [0.717, 1.165) is 12.3 Å². The maximum absolute atomic E-state index is 12.2. The van der Waals surface area contributed by atoms with Crippen LogP contribution < -0.4 is 10.6 Å². The molecule has 0 bridgehead atoms. The summed E-state index contributed by atoms with van der Waals surface area (Å²) in [4.78, 5) is 35.1. The number of nitrogens with one attached hydrogen (secondary N) is 2. The van der Waals surface area contributed by atoms with Crippen LogP contribution in [-0.2, 0) is 30.2 Å². The van der Waals surface area contributed by atoms with Crippen LogP contribution >= 0.6 is 0 Å². The molecule has 0 saturated heterocycles. The Morgan fingerprint density at radius 3 is 2.09 bits per heavy atom. The van der Waals surface area contributed by atoms with Crippen LogP contribution in [0.5, 0.6) is 0 Å². The van der Waals surface area contributed by atoms with Crippen molar-refractivity contribution in [2.75, 3.05) is 18.2 Å². The largest absolute Gasteiger partial charge is 0.444 e. The van der Waals surface area contributed by atoms with Gasteiger partial charge in [-0.25, -0.2) is 9.59 Å². The molecule has 13 heteroatoms. The molecule has 0 aliphatic heterocycles. The average molecular weight is 490 g/mol. The van der Waals surface area contributed by atoms with Crippen molar-refractivity contribution in [1.82, 2.24) is 5.32 Å². The lowest BCUT2D eigenvalue weighted by atomic mass is 10.0. The van der Waals surface area contributed by atoms with Gasteiger partial charge in [-0.05, 0) is 47.6 Å². The lowest BCUT2D eigenvalue weighted by Gasteiger charge is -2.23. The number of amides is 2. The molecule has 1 aromatic rings. The van der Waals surface area contributed by atoms with Crippen LogP contribution in [0.15, 0.2) is 18.2 Å². The van der Waals surface area contributed by atoms with Crippen molar-refractivity contribution in [2.24, 2.45) is 0 Å². The highest BCUT2D eigenvalue weighted by Crippen LogP contribution is 2.25. The summed E-state index contributed by atoms with van der Waals surface area (Å²) < 4.78 is 37.9. The zero-order chi connectivity index (χ0) is 25.6. The number of benzene rings is 1. The lowest BCUT2D eigenvalue weighted by Crippen LogP contribution is -2.43. The molecule has 33 heavy (non-hydrogen) atoms. The molecule has 0 fully saturated rings. The summed E-state index contributed by atoms with van der Waals surface area (Å²) in [6, 6.07) is 2.99. The summed E-state index contributed by atoms with van der Waals surface area (Å²) in [7, 11) is -3.83. The molecule has 0 radical (unpaired) electrons. The van der Waals surface area contributed by atoms with E-state index in [1.807, 2.05) is 0 Å². The minimum absolute atomic E-state index is 0.128. The van der Waals surface area contributed by atoms with Crippen LogP contribution in [0.2, 0.25) is 0 Å². The summed E-state index contributed by atoms with van der Waals surface area (Å²) in [5.41, 5.74) is -1.61. The number of carbonyl (C=O) groups excluding carboxylic acids is 2. The van der Waals surface area contributed by atoms with E-state index in [1.54, 1.807) is 41.5 Å². The minimum atomic E-state index is -3.83. The molecule has 0 aromatic heterocycles. The Bertz CT molecular complexity index is 979. The van der Waals surface area contributed by atoms with Crippen LogP contribution in [0, 0.1) is 10.1 Å². The van der Waals surface area contributed by atoms with Crippen molar-refractivity contribution in [3.8, 4) is 0 Å². The molecule has 0 heterocycles. The van der Waals surface area contributed by atoms with Crippen molar-refractivity contribution in [1.29, 1.82) is 0 Å². The zero-order valence-corrected chi connectivity index (χ0v) is 20.6. The van der Waals surface area contributed by atoms with E-state index in [9.17, 15) is 28.1 Å². The molecule has 1 rings (SSSR count). The number of hydrogen-bond acceptors (Lipinski definition) is 9. The Labute approximate surface area is 193 Å². The number of rotatable bonds is 8. The van der Waals surface area contributed by atoms with E-state index in [2.05, 4.69) is 10.6 Å². The number of alkyl carbamates (subject to hydrolysis) is 1. The molecule has 0 aliphatic carbocycles. The number of nitrogens with zero attached hydrogens (tertiary/aromatic N) is 1. The number of carbonyl (C=O) groups is 2. The third-order valence-electron chi connectivity index (χ3n) is 3.60. The van der Waals surface area contributed by atoms with Crippen LogP contribution in [0.4, 0.5) is 21.0 Å². The molecular weight excluding hydrogens is 458 g/mol. The monoisotopic (exact) mass is 489 g/mol. The number of hydrogen-bond donors (Lipinski definition) is 2. The van der Waals surface area contributed by atoms with Gasteiger partial charge in [0.05, 0.1) is 29.5 Å². The van der Waals surface area contributed by atoms with Crippen molar-refractivity contribution in [3.63, 3.8) is 0 Å². The molecule has 0 aliphatic rings. The zero-order valence-electron chi connectivity index (χ0n) is 19.8. The van der Waals surface area contributed by atoms with Gasteiger partial charge in [0.1, 0.15) is 11.2 Å². The Morgan fingerprint density at radius 1 is 1.06 bits per heavy atom. The normalized spacial score (nSPS) is 13.1. The molecule has 1 aromatic carbocycles. The van der Waals surface area contributed by atoms with E-state index >= 15 is 0 Å². The van der Waals surface area contributed by atoms with Crippen LogP contribution in [0.1, 0.15) is 47.1 Å². The molecule has 0 spiro atoms. The fourth-order valence-electron chi connectivity index (χ4n) is 2.50. The van der Waals surface area contributed by atoms with Gasteiger partial charge >= 0.3 is 12.2 Å². The highest BCUT2D eigenvalue weighted by Gasteiger charge is 2.25. The van der Waals surface area contributed by atoms with Gasteiger partial charge in [0.25, 0.3) is 15.8 Å². The molecule has 2 N–H and O–H groups in total. The van der Waals surface area contributed by atoms with Gasteiger partial charge in [0.2, 0.25) is 0 Å². The molecular formula is C20H31N3O9S. The summed E-state index contributed by atoms with van der Waals surface area (Å²) in [5.74, 6) is 0. The summed E-state index contributed by atoms with van der Waals surface area (Å²) in [5, 5.41) is 16.5. The first kappa shape index (κ1) is 28.1. The van der Waals surface area contributed by atoms with Gasteiger partial charge in [-0.3, -0.25) is 19.6 Å². The highest BCUT2D eigenvalue weighted by atomic mass is 32.2. The number of ether oxygens (including phenoxy) is 2. The van der Waals surface area contributed by atoms with E-state index in [-0.39, 0.29) is 23.4 Å². The van der Waals surface area contributed by atoms with Gasteiger partial charge in [-0.1, -0.05) is 6.07 Å². The Morgan fingerprint density at radius 2 is 1.61 bits per heavy atom. The second-order valence-electron chi connectivity index (χ2n) is 9.26. The number of nitro groups is 1. The van der Waals surface area contributed by atoms with E-state index < -0.39 is 51.1 Å². The summed E-state index contributed by atoms with van der Waals surface area (Å²) in [6.07, 6.45) is -0.916. The minimum Gasteiger partial charge on any atom is -0.444 e. The molecule has 186 valence electrons. The predicted octanol–water partition coefficient (Wildman–Crippen LogP) is 3.35. The van der Waals surface area contributed by atoms with Crippen LogP contribution in [-0.4, -0.2) is 55.6 Å². The third kappa shape index (κ3) is 12.0. The SMILES string of the molecule is CC(C)(C)OC(=O)Nc1ccc(CC(COS(C)(=O)=O)NC(=O)OC(C)(C)C)c([N+](=O)[O-])c1. The quantitative estimate of drug-likeness (QED) is 0.316.